The minimum atomic E-state index is -0.562. The molecule has 3 heterocycles. The quantitative estimate of drug-likeness (QED) is 0.175. The predicted molar refractivity (Wildman–Crippen MR) is 157 cm³/mol. The van der Waals surface area contributed by atoms with Gasteiger partial charge in [-0.3, -0.25) is 0 Å². The normalized spacial score (nSPS) is 13.3. The van der Waals surface area contributed by atoms with E-state index in [4.69, 9.17) is 0 Å². The van der Waals surface area contributed by atoms with E-state index in [1.165, 1.54) is 55.2 Å². The summed E-state index contributed by atoms with van der Waals surface area (Å²) < 4.78 is 4.99. The molecule has 0 atom stereocenters. The van der Waals surface area contributed by atoms with E-state index in [2.05, 4.69) is 167 Å². The zero-order chi connectivity index (χ0) is 25.8. The lowest BCUT2D eigenvalue weighted by Crippen LogP contribution is -2.71. The number of nitrogens with zero attached hydrogens (tertiary/aromatic N) is 2. The smallest absolute Gasteiger partial charge is 0.119 e. The van der Waals surface area contributed by atoms with Crippen molar-refractivity contribution in [1.29, 1.82) is 0 Å². The molecule has 2 nitrogen and oxygen atoms in total. The molecule has 2 heteroatoms. The van der Waals surface area contributed by atoms with E-state index < -0.39 is 5.66 Å². The molecule has 2 aromatic heterocycles. The van der Waals surface area contributed by atoms with E-state index >= 15 is 0 Å². The largest absolute Gasteiger partial charge is 0.416 e. The molecule has 0 fully saturated rings. The van der Waals surface area contributed by atoms with Crippen molar-refractivity contribution >= 4 is 21.8 Å². The number of aromatic nitrogens is 2. The summed E-state index contributed by atoms with van der Waals surface area (Å²) in [6.45, 7) is 0. The molecule has 8 rings (SSSR count). The SMILES string of the molecule is c1ccc(-c2cc[n+]3c4c2ccc2c(-c5ccccc5)cc[n+](c24)C3(c2ccccc2)c2ccccc2)cc1. The van der Waals surface area contributed by atoms with Crippen molar-refractivity contribution < 1.29 is 9.13 Å². The first kappa shape index (κ1) is 22.0. The second-order valence-corrected chi connectivity index (χ2v) is 10.2. The summed E-state index contributed by atoms with van der Waals surface area (Å²) in [6.07, 6.45) is 4.58. The van der Waals surface area contributed by atoms with Crippen molar-refractivity contribution in [1.82, 2.24) is 0 Å². The van der Waals surface area contributed by atoms with Gasteiger partial charge in [-0.05, 0) is 47.5 Å². The summed E-state index contributed by atoms with van der Waals surface area (Å²) >= 11 is 0. The van der Waals surface area contributed by atoms with Gasteiger partial charge in [0.25, 0.3) is 11.0 Å². The molecule has 0 saturated heterocycles. The van der Waals surface area contributed by atoms with E-state index in [0.29, 0.717) is 0 Å². The van der Waals surface area contributed by atoms with Gasteiger partial charge >= 0.3 is 5.66 Å². The van der Waals surface area contributed by atoms with Gasteiger partial charge in [0, 0.05) is 23.3 Å². The maximum Gasteiger partial charge on any atom is 0.416 e. The first-order valence-corrected chi connectivity index (χ1v) is 13.5. The third kappa shape index (κ3) is 3.03. The maximum absolute atomic E-state index is 2.50. The minimum Gasteiger partial charge on any atom is -0.119 e. The fourth-order valence-corrected chi connectivity index (χ4v) is 6.59. The van der Waals surface area contributed by atoms with Crippen molar-refractivity contribution in [2.75, 3.05) is 0 Å². The summed E-state index contributed by atoms with van der Waals surface area (Å²) in [5.74, 6) is 0. The van der Waals surface area contributed by atoms with Crippen LogP contribution in [0.3, 0.4) is 0 Å². The molecule has 0 saturated carbocycles. The van der Waals surface area contributed by atoms with Gasteiger partial charge in [-0.2, -0.15) is 0 Å². The molecule has 182 valence electrons. The lowest BCUT2D eigenvalue weighted by atomic mass is 9.90. The lowest BCUT2D eigenvalue weighted by Gasteiger charge is -2.21. The molecule has 1 aliphatic rings. The highest BCUT2D eigenvalue weighted by molar-refractivity contribution is 6.09. The Kier molecular flexibility index (Phi) is 4.77. The van der Waals surface area contributed by atoms with E-state index in [-0.39, 0.29) is 0 Å². The standard InChI is InChI=1S/C37H26N2/c1-5-13-27(14-6-1)31-23-25-38-35-33(31)21-22-34-32(28-15-7-2-8-16-28)24-26-39(36(34)35)37(38,29-17-9-3-10-18-29)30-19-11-4-12-20-30/h1-26H/q+2. The molecule has 7 aromatic rings. The summed E-state index contributed by atoms with van der Waals surface area (Å²) in [7, 11) is 0. The number of hydrogen-bond acceptors (Lipinski definition) is 0. The van der Waals surface area contributed by atoms with Crippen molar-refractivity contribution in [2.45, 2.75) is 5.66 Å². The maximum atomic E-state index is 2.50. The minimum absolute atomic E-state index is 0.562. The molecule has 1 aliphatic heterocycles. The van der Waals surface area contributed by atoms with Gasteiger partial charge in [-0.15, -0.1) is 9.13 Å². The van der Waals surface area contributed by atoms with Crippen LogP contribution in [0.5, 0.6) is 0 Å². The first-order chi connectivity index (χ1) is 19.4. The summed E-state index contributed by atoms with van der Waals surface area (Å²) in [5, 5.41) is 2.51. The van der Waals surface area contributed by atoms with Crippen LogP contribution in [0.4, 0.5) is 0 Å². The third-order valence-corrected chi connectivity index (χ3v) is 8.21. The van der Waals surface area contributed by atoms with Crippen LogP contribution in [-0.4, -0.2) is 0 Å². The van der Waals surface area contributed by atoms with Crippen molar-refractivity contribution in [2.24, 2.45) is 0 Å². The Hall–Kier alpha value is -5.08. The summed E-state index contributed by atoms with van der Waals surface area (Å²) in [6, 6.07) is 52.5. The topological polar surface area (TPSA) is 7.76 Å². The van der Waals surface area contributed by atoms with Crippen molar-refractivity contribution in [3.63, 3.8) is 0 Å². The molecule has 0 aliphatic carbocycles. The first-order valence-electron chi connectivity index (χ1n) is 13.5. The average molecular weight is 499 g/mol. The van der Waals surface area contributed by atoms with E-state index in [9.17, 15) is 0 Å². The molecule has 0 unspecified atom stereocenters. The highest BCUT2D eigenvalue weighted by Crippen LogP contribution is 2.41. The second-order valence-electron chi connectivity index (χ2n) is 10.2. The summed E-state index contributed by atoms with van der Waals surface area (Å²) in [4.78, 5) is 0. The number of rotatable bonds is 4. The van der Waals surface area contributed by atoms with Crippen LogP contribution < -0.4 is 9.13 Å². The van der Waals surface area contributed by atoms with E-state index in [0.717, 1.165) is 0 Å². The molecule has 0 amide bonds. The van der Waals surface area contributed by atoms with Gasteiger partial charge < -0.3 is 0 Å². The number of hydrogen-bond donors (Lipinski definition) is 0. The van der Waals surface area contributed by atoms with Crippen molar-refractivity contribution in [3.05, 3.63) is 169 Å². The predicted octanol–water partition coefficient (Wildman–Crippen LogP) is 7.51. The molecule has 0 bridgehead atoms. The fourth-order valence-electron chi connectivity index (χ4n) is 6.59. The molecular formula is C37H26N2+2. The van der Waals surface area contributed by atoms with E-state index in [1.54, 1.807) is 0 Å². The van der Waals surface area contributed by atoms with Gasteiger partial charge in [0.15, 0.2) is 12.4 Å². The molecular weight excluding hydrogens is 472 g/mol. The Bertz CT molecular complexity index is 1830. The average Bonchev–Trinajstić information content (AvgIpc) is 3.33. The second kappa shape index (κ2) is 8.47. The molecule has 5 aromatic carbocycles. The third-order valence-electron chi connectivity index (χ3n) is 8.21. The van der Waals surface area contributed by atoms with Crippen LogP contribution in [-0.2, 0) is 5.66 Å². The zero-order valence-corrected chi connectivity index (χ0v) is 21.4. The Labute approximate surface area is 227 Å². The Morgan fingerprint density at radius 2 is 0.718 bits per heavy atom. The molecule has 0 radical (unpaired) electrons. The lowest BCUT2D eigenvalue weighted by molar-refractivity contribution is -0.934. The highest BCUT2D eigenvalue weighted by Gasteiger charge is 2.60. The molecule has 39 heavy (non-hydrogen) atoms. The van der Waals surface area contributed by atoms with Crippen LogP contribution in [0.1, 0.15) is 11.1 Å². The molecule has 0 N–H and O–H groups in total. The van der Waals surface area contributed by atoms with Crippen LogP contribution in [0.15, 0.2) is 158 Å². The zero-order valence-electron chi connectivity index (χ0n) is 21.4. The Balaban J connectivity index is 1.58. The van der Waals surface area contributed by atoms with Gasteiger partial charge in [0.2, 0.25) is 0 Å². The van der Waals surface area contributed by atoms with Gasteiger partial charge in [0.05, 0.1) is 10.8 Å². The monoisotopic (exact) mass is 498 g/mol. The Morgan fingerprint density at radius 1 is 0.359 bits per heavy atom. The Morgan fingerprint density at radius 3 is 1.10 bits per heavy atom. The number of pyridine rings is 2. The van der Waals surface area contributed by atoms with Crippen LogP contribution in [0.2, 0.25) is 0 Å². The fraction of sp³-hybridized carbons (Fsp3) is 0.0270. The summed E-state index contributed by atoms with van der Waals surface area (Å²) in [5.41, 5.74) is 9.34. The van der Waals surface area contributed by atoms with Crippen molar-refractivity contribution in [3.8, 4) is 22.3 Å². The van der Waals surface area contributed by atoms with Gasteiger partial charge in [-0.25, -0.2) is 0 Å². The van der Waals surface area contributed by atoms with Gasteiger partial charge in [0.1, 0.15) is 11.1 Å². The van der Waals surface area contributed by atoms with Crippen LogP contribution in [0.25, 0.3) is 44.1 Å². The van der Waals surface area contributed by atoms with E-state index in [1.807, 2.05) is 0 Å². The molecule has 0 spiro atoms. The van der Waals surface area contributed by atoms with Crippen LogP contribution >= 0.6 is 0 Å². The van der Waals surface area contributed by atoms with Gasteiger partial charge in [-0.1, -0.05) is 97.1 Å². The van der Waals surface area contributed by atoms with Crippen LogP contribution in [0, 0.1) is 0 Å². The number of benzene rings is 5. The highest BCUT2D eigenvalue weighted by atomic mass is 15.3.